The quantitative estimate of drug-likeness (QED) is 0.800. The van der Waals surface area contributed by atoms with Crippen LogP contribution < -0.4 is 10.5 Å². The van der Waals surface area contributed by atoms with Crippen LogP contribution in [0.1, 0.15) is 44.2 Å². The Bertz CT molecular complexity index is 446. The number of ether oxygens (including phenoxy) is 1. The molecule has 4 nitrogen and oxygen atoms in total. The van der Waals surface area contributed by atoms with Crippen LogP contribution in [0.4, 0.5) is 0 Å². The zero-order valence-electron chi connectivity index (χ0n) is 15.0. The van der Waals surface area contributed by atoms with Crippen LogP contribution in [0, 0.1) is 0 Å². The van der Waals surface area contributed by atoms with E-state index in [0.717, 1.165) is 18.9 Å². The van der Waals surface area contributed by atoms with Crippen molar-refractivity contribution in [3.8, 4) is 5.75 Å². The maximum absolute atomic E-state index is 6.13. The molecule has 2 rings (SSSR count). The van der Waals surface area contributed by atoms with Gasteiger partial charge in [0, 0.05) is 25.2 Å². The van der Waals surface area contributed by atoms with Crippen LogP contribution in [-0.4, -0.2) is 56.2 Å². The van der Waals surface area contributed by atoms with Crippen LogP contribution in [0.25, 0.3) is 0 Å². The number of likely N-dealkylation sites (N-methyl/N-ethyl adjacent to an activating group) is 1. The highest BCUT2D eigenvalue weighted by molar-refractivity contribution is 5.29. The van der Waals surface area contributed by atoms with E-state index in [4.69, 9.17) is 10.5 Å². The molecule has 1 saturated heterocycles. The number of likely N-dealkylation sites (tertiary alicyclic amines) is 1. The smallest absolute Gasteiger partial charge is 0.119 e. The van der Waals surface area contributed by atoms with Crippen LogP contribution in [0.3, 0.4) is 0 Å². The molecule has 2 unspecified atom stereocenters. The summed E-state index contributed by atoms with van der Waals surface area (Å²) in [7, 11) is 4.11. The largest absolute Gasteiger partial charge is 0.492 e. The molecule has 0 radical (unpaired) electrons. The zero-order valence-corrected chi connectivity index (χ0v) is 15.0. The van der Waals surface area contributed by atoms with Gasteiger partial charge in [-0.25, -0.2) is 0 Å². The summed E-state index contributed by atoms with van der Waals surface area (Å²) in [6.07, 6.45) is 5.16. The predicted molar refractivity (Wildman–Crippen MR) is 96.9 cm³/mol. The third kappa shape index (κ3) is 5.20. The molecule has 0 aliphatic carbocycles. The lowest BCUT2D eigenvalue weighted by atomic mass is 9.95. The van der Waals surface area contributed by atoms with E-state index in [0.29, 0.717) is 18.6 Å². The van der Waals surface area contributed by atoms with Gasteiger partial charge in [0.05, 0.1) is 0 Å². The fourth-order valence-corrected chi connectivity index (χ4v) is 3.47. The lowest BCUT2D eigenvalue weighted by Crippen LogP contribution is -2.44. The number of hydrogen-bond acceptors (Lipinski definition) is 4. The third-order valence-electron chi connectivity index (χ3n) is 4.84. The molecule has 2 N–H and O–H groups in total. The van der Waals surface area contributed by atoms with Gasteiger partial charge in [-0.05, 0) is 57.6 Å². The molecule has 1 aromatic carbocycles. The topological polar surface area (TPSA) is 41.7 Å². The van der Waals surface area contributed by atoms with E-state index in [1.807, 2.05) is 0 Å². The molecule has 4 heteroatoms. The van der Waals surface area contributed by atoms with E-state index in [-0.39, 0.29) is 0 Å². The van der Waals surface area contributed by atoms with Gasteiger partial charge in [0.2, 0.25) is 0 Å². The van der Waals surface area contributed by atoms with Gasteiger partial charge < -0.3 is 15.4 Å². The van der Waals surface area contributed by atoms with Gasteiger partial charge in [-0.3, -0.25) is 4.90 Å². The Morgan fingerprint density at radius 2 is 2.00 bits per heavy atom. The predicted octanol–water partition coefficient (Wildman–Crippen LogP) is 2.89. The number of benzene rings is 1. The maximum atomic E-state index is 6.13. The molecule has 130 valence electrons. The molecule has 0 bridgehead atoms. The van der Waals surface area contributed by atoms with Crippen molar-refractivity contribution in [2.75, 3.05) is 40.3 Å². The number of nitrogens with zero attached hydrogens (tertiary/aromatic N) is 2. The second-order valence-electron chi connectivity index (χ2n) is 6.77. The van der Waals surface area contributed by atoms with Crippen molar-refractivity contribution in [3.05, 3.63) is 29.8 Å². The standard InChI is InChI=1S/C19H33N3O/c1-4-17-7-5-6-12-22(17)19(15-20)16-8-10-18(11-9-16)23-14-13-21(2)3/h8-11,17,19H,4-7,12-15,20H2,1-3H3. The number of hydrogen-bond donors (Lipinski definition) is 1. The first kappa shape index (κ1) is 18.2. The molecule has 0 saturated carbocycles. The lowest BCUT2D eigenvalue weighted by Gasteiger charge is -2.41. The lowest BCUT2D eigenvalue weighted by molar-refractivity contribution is 0.0949. The number of rotatable bonds is 8. The summed E-state index contributed by atoms with van der Waals surface area (Å²) in [5.74, 6) is 0.942. The summed E-state index contributed by atoms with van der Waals surface area (Å²) in [5.41, 5.74) is 7.44. The number of nitrogens with two attached hydrogens (primary N) is 1. The van der Waals surface area contributed by atoms with Crippen molar-refractivity contribution in [1.29, 1.82) is 0 Å². The average molecular weight is 319 g/mol. The molecule has 0 amide bonds. The van der Waals surface area contributed by atoms with Gasteiger partial charge in [0.1, 0.15) is 12.4 Å². The highest BCUT2D eigenvalue weighted by atomic mass is 16.5. The minimum Gasteiger partial charge on any atom is -0.492 e. The van der Waals surface area contributed by atoms with Crippen molar-refractivity contribution < 1.29 is 4.74 Å². The first-order valence-electron chi connectivity index (χ1n) is 8.99. The van der Waals surface area contributed by atoms with Gasteiger partial charge in [-0.2, -0.15) is 0 Å². The van der Waals surface area contributed by atoms with E-state index in [2.05, 4.69) is 55.1 Å². The summed E-state index contributed by atoms with van der Waals surface area (Å²) in [6, 6.07) is 9.54. The van der Waals surface area contributed by atoms with E-state index in [1.54, 1.807) is 0 Å². The molecule has 1 aliphatic rings. The van der Waals surface area contributed by atoms with Gasteiger partial charge in [0.25, 0.3) is 0 Å². The van der Waals surface area contributed by atoms with E-state index in [9.17, 15) is 0 Å². The monoisotopic (exact) mass is 319 g/mol. The fraction of sp³-hybridized carbons (Fsp3) is 0.684. The molecule has 1 heterocycles. The Labute approximate surface area is 141 Å². The molecular formula is C19H33N3O. The van der Waals surface area contributed by atoms with Gasteiger partial charge in [-0.1, -0.05) is 25.5 Å². The molecule has 1 fully saturated rings. The molecule has 2 atom stereocenters. The summed E-state index contributed by atoms with van der Waals surface area (Å²) >= 11 is 0. The molecule has 1 aliphatic heterocycles. The summed E-state index contributed by atoms with van der Waals surface area (Å²) < 4.78 is 5.79. The molecular weight excluding hydrogens is 286 g/mol. The SMILES string of the molecule is CCC1CCCCN1C(CN)c1ccc(OCCN(C)C)cc1. The average Bonchev–Trinajstić information content (AvgIpc) is 2.57. The Morgan fingerprint density at radius 3 is 2.61 bits per heavy atom. The normalized spacial score (nSPS) is 20.7. The Hall–Kier alpha value is -1.10. The van der Waals surface area contributed by atoms with Crippen LogP contribution in [0.2, 0.25) is 0 Å². The van der Waals surface area contributed by atoms with E-state index >= 15 is 0 Å². The third-order valence-corrected chi connectivity index (χ3v) is 4.84. The van der Waals surface area contributed by atoms with Crippen molar-refractivity contribution in [2.24, 2.45) is 5.73 Å². The van der Waals surface area contributed by atoms with Gasteiger partial charge >= 0.3 is 0 Å². The number of piperidine rings is 1. The van der Waals surface area contributed by atoms with Crippen LogP contribution >= 0.6 is 0 Å². The second-order valence-corrected chi connectivity index (χ2v) is 6.77. The van der Waals surface area contributed by atoms with Crippen molar-refractivity contribution in [1.82, 2.24) is 9.80 Å². The Morgan fingerprint density at radius 1 is 1.26 bits per heavy atom. The Kier molecular flexibility index (Phi) is 7.34. The van der Waals surface area contributed by atoms with Crippen molar-refractivity contribution in [2.45, 2.75) is 44.7 Å². The van der Waals surface area contributed by atoms with E-state index < -0.39 is 0 Å². The molecule has 0 spiro atoms. The zero-order chi connectivity index (χ0) is 16.7. The summed E-state index contributed by atoms with van der Waals surface area (Å²) in [4.78, 5) is 4.74. The van der Waals surface area contributed by atoms with Crippen molar-refractivity contribution in [3.63, 3.8) is 0 Å². The van der Waals surface area contributed by atoms with Crippen molar-refractivity contribution >= 4 is 0 Å². The van der Waals surface area contributed by atoms with E-state index in [1.165, 1.54) is 37.8 Å². The molecule has 0 aromatic heterocycles. The second kappa shape index (κ2) is 9.26. The first-order chi connectivity index (χ1) is 11.2. The molecule has 1 aromatic rings. The van der Waals surface area contributed by atoms with Gasteiger partial charge in [0.15, 0.2) is 0 Å². The molecule has 23 heavy (non-hydrogen) atoms. The summed E-state index contributed by atoms with van der Waals surface area (Å²) in [6.45, 7) is 5.78. The van der Waals surface area contributed by atoms with Crippen LogP contribution in [0.15, 0.2) is 24.3 Å². The fourth-order valence-electron chi connectivity index (χ4n) is 3.47. The maximum Gasteiger partial charge on any atom is 0.119 e. The van der Waals surface area contributed by atoms with Crippen LogP contribution in [-0.2, 0) is 0 Å². The minimum absolute atomic E-state index is 0.330. The van der Waals surface area contributed by atoms with Crippen LogP contribution in [0.5, 0.6) is 5.75 Å². The highest BCUT2D eigenvalue weighted by Gasteiger charge is 2.27. The van der Waals surface area contributed by atoms with Gasteiger partial charge in [-0.15, -0.1) is 0 Å². The first-order valence-corrected chi connectivity index (χ1v) is 8.99. The summed E-state index contributed by atoms with van der Waals surface area (Å²) in [5, 5.41) is 0. The minimum atomic E-state index is 0.330. The Balaban J connectivity index is 2.00. The highest BCUT2D eigenvalue weighted by Crippen LogP contribution is 2.30.